The summed E-state index contributed by atoms with van der Waals surface area (Å²) in [6.07, 6.45) is 0. The smallest absolute Gasteiger partial charge is 0.0142 e. The fourth-order valence-electron chi connectivity index (χ4n) is 6.93. The van der Waals surface area contributed by atoms with Gasteiger partial charge in [-0.1, -0.05) is 75.9 Å². The van der Waals surface area contributed by atoms with Crippen LogP contribution in [0.2, 0.25) is 0 Å². The van der Waals surface area contributed by atoms with Gasteiger partial charge in [0.1, 0.15) is 0 Å². The van der Waals surface area contributed by atoms with Gasteiger partial charge in [-0.2, -0.15) is 18.2 Å². The first kappa shape index (κ1) is 42.2. The van der Waals surface area contributed by atoms with E-state index in [1.165, 1.54) is 54.9 Å². The van der Waals surface area contributed by atoms with Crippen molar-refractivity contribution >= 4 is 41.8 Å². The number of aryl methyl sites for hydroxylation is 2. The van der Waals surface area contributed by atoms with Crippen molar-refractivity contribution in [3.05, 3.63) is 154 Å². The summed E-state index contributed by atoms with van der Waals surface area (Å²) in [7, 11) is 13.0. The number of hydrogen-bond donors (Lipinski definition) is 0. The third kappa shape index (κ3) is 10.6. The number of fused-ring (bicyclic) bond motifs is 3. The normalized spacial score (nSPS) is 12.2. The quantitative estimate of drug-likeness (QED) is 0.153. The van der Waals surface area contributed by atoms with Crippen molar-refractivity contribution in [1.82, 2.24) is 0 Å². The average Bonchev–Trinajstić information content (AvgIpc) is 3.71. The van der Waals surface area contributed by atoms with Crippen molar-refractivity contribution < 1.29 is 18.9 Å². The number of halogens is 2. The molecule has 0 heterocycles. The number of benzene rings is 4. The summed E-state index contributed by atoms with van der Waals surface area (Å²) < 4.78 is 1.15. The van der Waals surface area contributed by atoms with Gasteiger partial charge in [0.25, 0.3) is 0 Å². The first-order valence-corrected chi connectivity index (χ1v) is 26.1. The fraction of sp³-hybridized carbons (Fsp3) is 0.367. The molecule has 0 aliphatic rings. The first-order valence-electron chi connectivity index (χ1n) is 18.6. The van der Waals surface area contributed by atoms with Crippen LogP contribution in [0.3, 0.4) is 0 Å². The Hall–Kier alpha value is -2.57. The standard InChI is InChI=1S/C23H29.C21H26.C5H5.2ClH.Zr/c1-14-9-16-11-17-10-15(2)21(23(6,7)8)13-19(17)18(16)12-20(14)22(3,4)5;1-20(2,3)18-11-7-16(8-12-18)15-17-9-13-19(14-10-17)21(4,5)6;1-2-4-5-3-1;;;/h9-13H,1-8H3;7-14H,1-6H3;1-5H;2*1H;/q-1;;-1;;;+2/p-2. The molecule has 0 fully saturated rings. The predicted molar refractivity (Wildman–Crippen MR) is 231 cm³/mol. The van der Waals surface area contributed by atoms with Gasteiger partial charge in [-0.3, -0.25) is 0 Å². The van der Waals surface area contributed by atoms with E-state index in [0.29, 0.717) is 0 Å². The zero-order valence-corrected chi connectivity index (χ0v) is 38.1. The molecule has 0 N–H and O–H groups in total. The Kier molecular flexibility index (Phi) is 13.3. The SMILES string of the molecule is CC(C)(C)c1ccc([C](c2ccc(C(C)(C)C)cc2)=[Zr]([Cl])[Cl])cc1.Cc1cc2[cH-]c3cc(C)c(C(C)(C)C)cc3c2cc1C(C)(C)C.c1cc[cH-]c1. The summed E-state index contributed by atoms with van der Waals surface area (Å²) in [5.41, 5.74) is 11.3. The Morgan fingerprint density at radius 2 is 0.846 bits per heavy atom. The molecule has 0 amide bonds. The molecule has 52 heavy (non-hydrogen) atoms. The van der Waals surface area contributed by atoms with Crippen molar-refractivity contribution in [1.29, 1.82) is 0 Å². The molecule has 0 radical (unpaired) electrons. The molecule has 6 aromatic rings. The van der Waals surface area contributed by atoms with Gasteiger partial charge in [0, 0.05) is 0 Å². The molecule has 0 bridgehead atoms. The van der Waals surface area contributed by atoms with E-state index in [-0.39, 0.29) is 21.7 Å². The summed E-state index contributed by atoms with van der Waals surface area (Å²) in [5.74, 6) is 0. The third-order valence-electron chi connectivity index (χ3n) is 9.83. The zero-order valence-electron chi connectivity index (χ0n) is 34.1. The van der Waals surface area contributed by atoms with Crippen LogP contribution in [0.25, 0.3) is 21.5 Å². The van der Waals surface area contributed by atoms with Gasteiger partial charge in [0.2, 0.25) is 0 Å². The molecule has 0 aliphatic carbocycles. The van der Waals surface area contributed by atoms with E-state index >= 15 is 0 Å². The van der Waals surface area contributed by atoms with E-state index in [1.807, 2.05) is 30.3 Å². The minimum atomic E-state index is -2.59. The number of rotatable bonds is 2. The summed E-state index contributed by atoms with van der Waals surface area (Å²) in [4.78, 5) is 0. The molecule has 0 saturated heterocycles. The first-order chi connectivity index (χ1) is 24.0. The zero-order chi connectivity index (χ0) is 38.8. The van der Waals surface area contributed by atoms with Crippen LogP contribution < -0.4 is 0 Å². The predicted octanol–water partition coefficient (Wildman–Crippen LogP) is 15.1. The Labute approximate surface area is 330 Å². The van der Waals surface area contributed by atoms with E-state index < -0.39 is 18.9 Å². The summed E-state index contributed by atoms with van der Waals surface area (Å²) >= 11 is -2.59. The Balaban J connectivity index is 0.000000205. The van der Waals surface area contributed by atoms with E-state index in [0.717, 1.165) is 14.3 Å². The maximum atomic E-state index is 6.50. The summed E-state index contributed by atoms with van der Waals surface area (Å²) in [6.45, 7) is 31.6. The Morgan fingerprint density at radius 3 is 1.10 bits per heavy atom. The van der Waals surface area contributed by atoms with Gasteiger partial charge in [0.05, 0.1) is 0 Å². The van der Waals surface area contributed by atoms with Crippen LogP contribution >= 0.6 is 17.0 Å². The van der Waals surface area contributed by atoms with Gasteiger partial charge in [0.15, 0.2) is 0 Å². The van der Waals surface area contributed by atoms with Crippen molar-refractivity contribution in [3.63, 3.8) is 0 Å². The molecule has 6 aromatic carbocycles. The molecular weight excluding hydrogens is 751 g/mol. The second-order valence-corrected chi connectivity index (χ2v) is 26.5. The van der Waals surface area contributed by atoms with E-state index in [4.69, 9.17) is 17.0 Å². The maximum Gasteiger partial charge on any atom is -0.0142 e. The van der Waals surface area contributed by atoms with E-state index in [1.54, 1.807) is 0 Å². The van der Waals surface area contributed by atoms with Crippen molar-refractivity contribution in [3.8, 4) is 0 Å². The molecule has 0 aromatic heterocycles. The molecule has 0 unspecified atom stereocenters. The third-order valence-corrected chi connectivity index (χ3v) is 14.4. The van der Waals surface area contributed by atoms with Crippen LogP contribution in [-0.2, 0) is 40.5 Å². The second kappa shape index (κ2) is 16.4. The minimum Gasteiger partial charge on any atom is -0.214 e. The van der Waals surface area contributed by atoms with Crippen LogP contribution in [0, 0.1) is 13.8 Å². The molecular formula is C49H60Cl2Zr-2. The molecule has 0 nitrogen and oxygen atoms in total. The van der Waals surface area contributed by atoms with Gasteiger partial charge in [-0.15, -0.1) is 39.7 Å². The molecule has 3 heteroatoms. The Bertz CT molecular complexity index is 1960. The topological polar surface area (TPSA) is 0 Å². The van der Waals surface area contributed by atoms with Crippen LogP contribution in [0.1, 0.15) is 128 Å². The molecule has 0 saturated carbocycles. The average molecular weight is 811 g/mol. The van der Waals surface area contributed by atoms with E-state index in [9.17, 15) is 0 Å². The monoisotopic (exact) mass is 808 g/mol. The minimum absolute atomic E-state index is 0.149. The van der Waals surface area contributed by atoms with Crippen LogP contribution in [0.15, 0.2) is 109 Å². The van der Waals surface area contributed by atoms with Crippen LogP contribution in [0.5, 0.6) is 0 Å². The van der Waals surface area contributed by atoms with E-state index in [2.05, 4.69) is 176 Å². The summed E-state index contributed by atoms with van der Waals surface area (Å²) in [6, 6.07) is 39.4. The van der Waals surface area contributed by atoms with Crippen LogP contribution in [-0.4, -0.2) is 3.21 Å². The fourth-order valence-corrected chi connectivity index (χ4v) is 11.4. The molecule has 6 rings (SSSR count). The molecule has 276 valence electrons. The molecule has 0 aliphatic heterocycles. The van der Waals surface area contributed by atoms with Gasteiger partial charge >= 0.3 is 162 Å². The van der Waals surface area contributed by atoms with Crippen molar-refractivity contribution in [2.75, 3.05) is 0 Å². The summed E-state index contributed by atoms with van der Waals surface area (Å²) in [5, 5.41) is 5.55. The number of hydrogen-bond acceptors (Lipinski definition) is 0. The van der Waals surface area contributed by atoms with Crippen molar-refractivity contribution in [2.45, 2.75) is 119 Å². The Morgan fingerprint density at radius 1 is 0.500 bits per heavy atom. The molecule has 0 atom stereocenters. The van der Waals surface area contributed by atoms with Gasteiger partial charge in [-0.25, -0.2) is 12.1 Å². The van der Waals surface area contributed by atoms with Gasteiger partial charge < -0.3 is 0 Å². The van der Waals surface area contributed by atoms with Gasteiger partial charge in [-0.05, 0) is 24.7 Å². The maximum absolute atomic E-state index is 6.50. The largest absolute Gasteiger partial charge is 0.214 e. The van der Waals surface area contributed by atoms with Crippen LogP contribution in [0.4, 0.5) is 0 Å². The van der Waals surface area contributed by atoms with Crippen molar-refractivity contribution in [2.24, 2.45) is 0 Å². The molecule has 0 spiro atoms. The second-order valence-electron chi connectivity index (χ2n) is 18.4.